The van der Waals surface area contributed by atoms with Gasteiger partial charge in [0.25, 0.3) is 17.7 Å². The number of nitrogens with two attached hydrogens (primary N) is 1. The van der Waals surface area contributed by atoms with Crippen LogP contribution in [0.25, 0.3) is 0 Å². The van der Waals surface area contributed by atoms with Gasteiger partial charge in [-0.1, -0.05) is 24.3 Å². The third-order valence-electron chi connectivity index (χ3n) is 5.52. The number of fused-ring (bicyclic) bond motifs is 1. The van der Waals surface area contributed by atoms with Crippen molar-refractivity contribution in [1.82, 2.24) is 4.90 Å². The normalized spacial score (nSPS) is 18.0. The molecule has 4 rings (SSSR count). The van der Waals surface area contributed by atoms with Crippen molar-refractivity contribution in [1.29, 1.82) is 0 Å². The summed E-state index contributed by atoms with van der Waals surface area (Å²) < 4.78 is 11.6. The van der Waals surface area contributed by atoms with Crippen LogP contribution < -0.4 is 20.1 Å². The fourth-order valence-corrected chi connectivity index (χ4v) is 3.93. The van der Waals surface area contributed by atoms with Crippen molar-refractivity contribution < 1.29 is 23.9 Å². The Morgan fingerprint density at radius 2 is 1.71 bits per heavy atom. The van der Waals surface area contributed by atoms with Crippen LogP contribution in [-0.2, 0) is 9.59 Å². The lowest BCUT2D eigenvalue weighted by molar-refractivity contribution is -0.139. The number of para-hydroxylation sites is 3. The van der Waals surface area contributed by atoms with Crippen LogP contribution in [0.5, 0.6) is 11.5 Å². The highest BCUT2D eigenvalue weighted by atomic mass is 16.5. The molecule has 1 fully saturated rings. The van der Waals surface area contributed by atoms with Crippen molar-refractivity contribution >= 4 is 23.4 Å². The molecule has 3 amide bonds. The van der Waals surface area contributed by atoms with E-state index < -0.39 is 12.0 Å². The summed E-state index contributed by atoms with van der Waals surface area (Å²) in [6.07, 6.45) is 2.30. The van der Waals surface area contributed by atoms with Crippen LogP contribution in [0.1, 0.15) is 29.6 Å². The van der Waals surface area contributed by atoms with Gasteiger partial charge in [0, 0.05) is 13.1 Å². The van der Waals surface area contributed by atoms with Gasteiger partial charge in [0.2, 0.25) is 0 Å². The average molecular weight is 423 g/mol. The minimum absolute atomic E-state index is 0.103. The van der Waals surface area contributed by atoms with Crippen LogP contribution in [0.4, 0.5) is 5.69 Å². The molecule has 1 atom stereocenters. The third kappa shape index (κ3) is 4.47. The second-order valence-corrected chi connectivity index (χ2v) is 7.61. The summed E-state index contributed by atoms with van der Waals surface area (Å²) in [5, 5.41) is 0. The lowest BCUT2D eigenvalue weighted by atomic mass is 10.1. The van der Waals surface area contributed by atoms with Crippen molar-refractivity contribution in [3.8, 4) is 11.5 Å². The number of piperidine rings is 1. The monoisotopic (exact) mass is 423 g/mol. The Hall–Kier alpha value is -3.55. The summed E-state index contributed by atoms with van der Waals surface area (Å²) in [6, 6.07) is 13.6. The van der Waals surface area contributed by atoms with Gasteiger partial charge >= 0.3 is 0 Å². The predicted octanol–water partition coefficient (Wildman–Crippen LogP) is 1.97. The van der Waals surface area contributed by atoms with Crippen LogP contribution in [0.3, 0.4) is 0 Å². The molecular weight excluding hydrogens is 398 g/mol. The number of amides is 3. The van der Waals surface area contributed by atoms with E-state index >= 15 is 0 Å². The first-order valence-electron chi connectivity index (χ1n) is 10.4. The Balaban J connectivity index is 1.51. The van der Waals surface area contributed by atoms with E-state index in [2.05, 4.69) is 0 Å². The van der Waals surface area contributed by atoms with Gasteiger partial charge in [0.1, 0.15) is 11.5 Å². The molecule has 2 aromatic rings. The van der Waals surface area contributed by atoms with Gasteiger partial charge in [-0.2, -0.15) is 0 Å². The van der Waals surface area contributed by atoms with E-state index in [1.165, 1.54) is 4.90 Å². The molecule has 31 heavy (non-hydrogen) atoms. The van der Waals surface area contributed by atoms with E-state index in [1.54, 1.807) is 48.5 Å². The molecule has 0 radical (unpaired) electrons. The minimum atomic E-state index is -0.769. The molecule has 1 saturated heterocycles. The highest BCUT2D eigenvalue weighted by Crippen LogP contribution is 2.34. The molecule has 8 heteroatoms. The van der Waals surface area contributed by atoms with Crippen LogP contribution in [-0.4, -0.2) is 55.0 Å². The maximum atomic E-state index is 13.1. The van der Waals surface area contributed by atoms with Gasteiger partial charge in [0.05, 0.1) is 17.8 Å². The minimum Gasteiger partial charge on any atom is -0.483 e. The zero-order valence-electron chi connectivity index (χ0n) is 17.2. The summed E-state index contributed by atoms with van der Waals surface area (Å²) in [6.45, 7) is 1.22. The number of benzene rings is 2. The first-order chi connectivity index (χ1) is 15.0. The molecule has 2 aromatic carbocycles. The molecule has 162 valence electrons. The number of likely N-dealkylation sites (tertiary alicyclic amines) is 1. The van der Waals surface area contributed by atoms with Crippen molar-refractivity contribution in [2.24, 2.45) is 5.73 Å². The van der Waals surface area contributed by atoms with Gasteiger partial charge in [-0.05, 0) is 43.5 Å². The summed E-state index contributed by atoms with van der Waals surface area (Å²) in [7, 11) is 0. The largest absolute Gasteiger partial charge is 0.483 e. The maximum Gasteiger partial charge on any atom is 0.265 e. The van der Waals surface area contributed by atoms with Crippen molar-refractivity contribution in [3.63, 3.8) is 0 Å². The number of nitrogens with zero attached hydrogens (tertiary/aromatic N) is 2. The Morgan fingerprint density at radius 3 is 2.48 bits per heavy atom. The highest BCUT2D eigenvalue weighted by molar-refractivity contribution is 5.99. The smallest absolute Gasteiger partial charge is 0.265 e. The van der Waals surface area contributed by atoms with Gasteiger partial charge < -0.3 is 25.0 Å². The maximum absolute atomic E-state index is 13.1. The van der Waals surface area contributed by atoms with Crippen molar-refractivity contribution in [2.75, 3.05) is 31.1 Å². The lowest BCUT2D eigenvalue weighted by Gasteiger charge is -2.37. The zero-order chi connectivity index (χ0) is 21.8. The Kier molecular flexibility index (Phi) is 6.06. The SMILES string of the molecule is NC(=O)c1ccccc1OCC(=O)N1C[C@H](C(=O)N2CCCCC2)Oc2ccccc21. The Bertz CT molecular complexity index is 987. The number of ether oxygens (including phenoxy) is 2. The molecule has 2 aliphatic rings. The molecule has 2 aliphatic heterocycles. The Morgan fingerprint density at radius 1 is 1.00 bits per heavy atom. The fraction of sp³-hybridized carbons (Fsp3) is 0.348. The molecule has 8 nitrogen and oxygen atoms in total. The van der Waals surface area contributed by atoms with E-state index in [0.717, 1.165) is 19.3 Å². The predicted molar refractivity (Wildman–Crippen MR) is 114 cm³/mol. The molecule has 0 spiro atoms. The number of carbonyl (C=O) groups is 3. The quantitative estimate of drug-likeness (QED) is 0.792. The summed E-state index contributed by atoms with van der Waals surface area (Å²) >= 11 is 0. The standard InChI is InChI=1S/C23H25N3O5/c24-22(28)16-8-2-4-10-18(16)30-15-21(27)26-14-20(23(29)25-12-6-1-7-13-25)31-19-11-5-3-9-17(19)26/h2-5,8-11,20H,1,6-7,12-15H2,(H2,24,28)/t20-/m1/s1. The molecule has 0 bridgehead atoms. The molecule has 0 aromatic heterocycles. The van der Waals surface area contributed by atoms with E-state index in [-0.39, 0.29) is 36.3 Å². The molecule has 0 aliphatic carbocycles. The second kappa shape index (κ2) is 9.07. The molecule has 0 unspecified atom stereocenters. The second-order valence-electron chi connectivity index (χ2n) is 7.61. The fourth-order valence-electron chi connectivity index (χ4n) is 3.93. The van der Waals surface area contributed by atoms with Gasteiger partial charge in [0.15, 0.2) is 12.7 Å². The third-order valence-corrected chi connectivity index (χ3v) is 5.52. The highest BCUT2D eigenvalue weighted by Gasteiger charge is 2.36. The molecule has 2 N–H and O–H groups in total. The summed E-state index contributed by atoms with van der Waals surface area (Å²) in [5.74, 6) is -0.355. The van der Waals surface area contributed by atoms with E-state index in [1.807, 2.05) is 4.90 Å². The van der Waals surface area contributed by atoms with Gasteiger partial charge in [-0.25, -0.2) is 0 Å². The molecular formula is C23H25N3O5. The number of hydrogen-bond donors (Lipinski definition) is 1. The number of anilines is 1. The number of rotatable bonds is 5. The van der Waals surface area contributed by atoms with Crippen LogP contribution >= 0.6 is 0 Å². The first-order valence-corrected chi connectivity index (χ1v) is 10.4. The van der Waals surface area contributed by atoms with E-state index in [9.17, 15) is 14.4 Å². The van der Waals surface area contributed by atoms with Gasteiger partial charge in [-0.15, -0.1) is 0 Å². The van der Waals surface area contributed by atoms with Crippen molar-refractivity contribution in [2.45, 2.75) is 25.4 Å². The number of carbonyl (C=O) groups excluding carboxylic acids is 3. The van der Waals surface area contributed by atoms with Crippen LogP contribution in [0, 0.1) is 0 Å². The topological polar surface area (TPSA) is 102 Å². The zero-order valence-corrected chi connectivity index (χ0v) is 17.2. The summed E-state index contributed by atoms with van der Waals surface area (Å²) in [4.78, 5) is 41.0. The number of hydrogen-bond acceptors (Lipinski definition) is 5. The van der Waals surface area contributed by atoms with Crippen molar-refractivity contribution in [3.05, 3.63) is 54.1 Å². The van der Waals surface area contributed by atoms with Crippen LogP contribution in [0.2, 0.25) is 0 Å². The first kappa shape index (κ1) is 20.7. The lowest BCUT2D eigenvalue weighted by Crippen LogP contribution is -2.53. The van der Waals surface area contributed by atoms with E-state index in [4.69, 9.17) is 15.2 Å². The number of primary amides is 1. The summed E-state index contributed by atoms with van der Waals surface area (Å²) in [5.41, 5.74) is 6.17. The van der Waals surface area contributed by atoms with Crippen LogP contribution in [0.15, 0.2) is 48.5 Å². The molecule has 2 heterocycles. The van der Waals surface area contributed by atoms with E-state index in [0.29, 0.717) is 24.5 Å². The van der Waals surface area contributed by atoms with Gasteiger partial charge in [-0.3, -0.25) is 14.4 Å². The Labute approximate surface area is 180 Å². The average Bonchev–Trinajstić information content (AvgIpc) is 2.82. The molecule has 0 saturated carbocycles.